The van der Waals surface area contributed by atoms with E-state index in [-0.39, 0.29) is 25.1 Å². The van der Waals surface area contributed by atoms with Gasteiger partial charge in [0.25, 0.3) is 0 Å². The Morgan fingerprint density at radius 1 is 1.44 bits per heavy atom. The van der Waals surface area contributed by atoms with Crippen LogP contribution in [-0.2, 0) is 4.74 Å². The molecule has 2 rings (SSSR count). The lowest BCUT2D eigenvalue weighted by atomic mass is 10.0. The van der Waals surface area contributed by atoms with Gasteiger partial charge in [-0.3, -0.25) is 0 Å². The van der Waals surface area contributed by atoms with Crippen molar-refractivity contribution in [1.29, 1.82) is 0 Å². The highest BCUT2D eigenvalue weighted by Gasteiger charge is 2.20. The molecule has 0 spiro atoms. The summed E-state index contributed by atoms with van der Waals surface area (Å²) in [6, 6.07) is 1.33. The summed E-state index contributed by atoms with van der Waals surface area (Å²) >= 11 is 0. The number of nitrogens with one attached hydrogen (secondary N) is 1. The van der Waals surface area contributed by atoms with Gasteiger partial charge >= 0.3 is 0 Å². The summed E-state index contributed by atoms with van der Waals surface area (Å²) in [5, 5.41) is 21.0. The largest absolute Gasteiger partial charge is 0.394 e. The highest BCUT2D eigenvalue weighted by molar-refractivity contribution is 5.42. The monoisotopic (exact) mass is 254 g/mol. The molecule has 0 aliphatic carbocycles. The summed E-state index contributed by atoms with van der Waals surface area (Å²) in [6.07, 6.45) is 0.916. The highest BCUT2D eigenvalue weighted by Crippen LogP contribution is 2.25. The molecule has 18 heavy (non-hydrogen) atoms. The third kappa shape index (κ3) is 3.06. The minimum absolute atomic E-state index is 0.177. The number of aliphatic hydroxyl groups is 2. The second-order valence-electron chi connectivity index (χ2n) is 4.30. The van der Waals surface area contributed by atoms with Crippen LogP contribution in [0.25, 0.3) is 0 Å². The average Bonchev–Trinajstić information content (AvgIpc) is 2.89. The molecular formula is C11H18N4O3. The maximum atomic E-state index is 9.02. The molecule has 0 unspecified atom stereocenters. The van der Waals surface area contributed by atoms with Crippen molar-refractivity contribution in [2.24, 2.45) is 0 Å². The fourth-order valence-corrected chi connectivity index (χ4v) is 1.89. The van der Waals surface area contributed by atoms with Crippen LogP contribution >= 0.6 is 0 Å². The third-order valence-corrected chi connectivity index (χ3v) is 2.90. The molecule has 1 fully saturated rings. The van der Waals surface area contributed by atoms with Crippen molar-refractivity contribution in [3.05, 3.63) is 11.8 Å². The van der Waals surface area contributed by atoms with Crippen LogP contribution in [-0.4, -0.2) is 52.7 Å². The normalized spacial score (nSPS) is 19.4. The Kier molecular flexibility index (Phi) is 4.29. The summed E-state index contributed by atoms with van der Waals surface area (Å²) in [7, 11) is 0. The lowest BCUT2D eigenvalue weighted by Crippen LogP contribution is -2.28. The maximum Gasteiger partial charge on any atom is 0.222 e. The number of ether oxygens (including phenoxy) is 1. The number of anilines is 2. The zero-order valence-corrected chi connectivity index (χ0v) is 10.0. The number of nitrogen functional groups attached to an aromatic ring is 1. The Hall–Kier alpha value is -1.44. The van der Waals surface area contributed by atoms with E-state index in [1.807, 2.05) is 0 Å². The topological polar surface area (TPSA) is 114 Å². The zero-order chi connectivity index (χ0) is 13.0. The molecule has 1 aromatic rings. The lowest BCUT2D eigenvalue weighted by Gasteiger charge is -2.16. The van der Waals surface area contributed by atoms with Crippen molar-refractivity contribution in [3.8, 4) is 0 Å². The standard InChI is InChI=1S/C11H18N4O3/c12-11-14-9(7-1-2-18-6-7)3-10(15-11)13-8(4-16)5-17/h3,7-8,16-17H,1-2,4-6H2,(H3,12,13,14,15)/t7-/m1/s1. The van der Waals surface area contributed by atoms with Crippen molar-refractivity contribution in [2.45, 2.75) is 18.4 Å². The van der Waals surface area contributed by atoms with Crippen molar-refractivity contribution in [3.63, 3.8) is 0 Å². The Morgan fingerprint density at radius 3 is 2.83 bits per heavy atom. The first-order chi connectivity index (χ1) is 8.72. The van der Waals surface area contributed by atoms with Crippen molar-refractivity contribution in [2.75, 3.05) is 37.5 Å². The van der Waals surface area contributed by atoms with E-state index in [0.29, 0.717) is 12.4 Å². The van der Waals surface area contributed by atoms with E-state index in [1.54, 1.807) is 6.07 Å². The maximum absolute atomic E-state index is 9.02. The van der Waals surface area contributed by atoms with Gasteiger partial charge in [0.2, 0.25) is 5.95 Å². The van der Waals surface area contributed by atoms with E-state index in [0.717, 1.165) is 18.7 Å². The second-order valence-corrected chi connectivity index (χ2v) is 4.30. The molecule has 0 saturated carbocycles. The Labute approximate surface area is 105 Å². The molecule has 0 aromatic carbocycles. The number of hydrogen-bond acceptors (Lipinski definition) is 7. The second kappa shape index (κ2) is 5.94. The number of rotatable bonds is 5. The molecule has 5 N–H and O–H groups in total. The Morgan fingerprint density at radius 2 is 2.22 bits per heavy atom. The molecular weight excluding hydrogens is 236 g/mol. The molecule has 1 aliphatic heterocycles. The zero-order valence-electron chi connectivity index (χ0n) is 10.0. The smallest absolute Gasteiger partial charge is 0.222 e. The van der Waals surface area contributed by atoms with Gasteiger partial charge in [-0.1, -0.05) is 0 Å². The van der Waals surface area contributed by atoms with Crippen LogP contribution < -0.4 is 11.1 Å². The van der Waals surface area contributed by atoms with Gasteiger partial charge in [0.05, 0.1) is 31.6 Å². The van der Waals surface area contributed by atoms with Gasteiger partial charge in [0, 0.05) is 18.6 Å². The quantitative estimate of drug-likeness (QED) is 0.551. The Bertz CT molecular complexity index is 392. The SMILES string of the molecule is Nc1nc(NC(CO)CO)cc([C@@H]2CCOC2)n1. The van der Waals surface area contributed by atoms with Gasteiger partial charge in [0.15, 0.2) is 0 Å². The molecule has 1 saturated heterocycles. The summed E-state index contributed by atoms with van der Waals surface area (Å²) in [5.41, 5.74) is 6.49. The number of aliphatic hydroxyl groups excluding tert-OH is 2. The minimum Gasteiger partial charge on any atom is -0.394 e. The van der Waals surface area contributed by atoms with E-state index < -0.39 is 6.04 Å². The van der Waals surface area contributed by atoms with Crippen molar-refractivity contribution in [1.82, 2.24) is 9.97 Å². The van der Waals surface area contributed by atoms with Crippen molar-refractivity contribution < 1.29 is 14.9 Å². The van der Waals surface area contributed by atoms with E-state index in [1.165, 1.54) is 0 Å². The number of nitrogens with zero attached hydrogens (tertiary/aromatic N) is 2. The molecule has 100 valence electrons. The molecule has 1 aliphatic rings. The lowest BCUT2D eigenvalue weighted by molar-refractivity contribution is 0.193. The van der Waals surface area contributed by atoms with Crippen LogP contribution in [0.2, 0.25) is 0 Å². The van der Waals surface area contributed by atoms with Crippen molar-refractivity contribution >= 4 is 11.8 Å². The summed E-state index contributed by atoms with van der Waals surface area (Å²) in [4.78, 5) is 8.23. The minimum atomic E-state index is -0.452. The molecule has 7 heteroatoms. The Balaban J connectivity index is 2.15. The summed E-state index contributed by atoms with van der Waals surface area (Å²) < 4.78 is 5.31. The van der Waals surface area contributed by atoms with Crippen LogP contribution in [0.1, 0.15) is 18.0 Å². The molecule has 0 radical (unpaired) electrons. The summed E-state index contributed by atoms with van der Waals surface area (Å²) in [5.74, 6) is 0.923. The number of nitrogens with two attached hydrogens (primary N) is 1. The predicted molar refractivity (Wildman–Crippen MR) is 66.2 cm³/mol. The van der Waals surface area contributed by atoms with Gasteiger partial charge in [-0.15, -0.1) is 0 Å². The van der Waals surface area contributed by atoms with Gasteiger partial charge in [-0.2, -0.15) is 4.98 Å². The third-order valence-electron chi connectivity index (χ3n) is 2.90. The average molecular weight is 254 g/mol. The van der Waals surface area contributed by atoms with Gasteiger partial charge in [0.1, 0.15) is 5.82 Å². The first-order valence-corrected chi connectivity index (χ1v) is 5.93. The highest BCUT2D eigenvalue weighted by atomic mass is 16.5. The fraction of sp³-hybridized carbons (Fsp3) is 0.636. The van der Waals surface area contributed by atoms with Crippen LogP contribution in [0, 0.1) is 0 Å². The first-order valence-electron chi connectivity index (χ1n) is 5.93. The van der Waals surface area contributed by atoms with E-state index in [9.17, 15) is 0 Å². The first kappa shape index (κ1) is 13.0. The summed E-state index contributed by atoms with van der Waals surface area (Å²) in [6.45, 7) is 1.01. The number of hydrogen-bond donors (Lipinski definition) is 4. The van der Waals surface area contributed by atoms with Crippen LogP contribution in [0.3, 0.4) is 0 Å². The number of aromatic nitrogens is 2. The molecule has 2 heterocycles. The van der Waals surface area contributed by atoms with Gasteiger partial charge in [-0.25, -0.2) is 4.98 Å². The van der Waals surface area contributed by atoms with Gasteiger partial charge < -0.3 is 26.0 Å². The predicted octanol–water partition coefficient (Wildman–Crippen LogP) is -0.672. The fourth-order valence-electron chi connectivity index (χ4n) is 1.89. The van der Waals surface area contributed by atoms with Crippen LogP contribution in [0.5, 0.6) is 0 Å². The van der Waals surface area contributed by atoms with E-state index in [2.05, 4.69) is 15.3 Å². The van der Waals surface area contributed by atoms with Crippen LogP contribution in [0.4, 0.5) is 11.8 Å². The van der Waals surface area contributed by atoms with Crippen LogP contribution in [0.15, 0.2) is 6.07 Å². The molecule has 0 amide bonds. The molecule has 1 aromatic heterocycles. The van der Waals surface area contributed by atoms with E-state index >= 15 is 0 Å². The van der Waals surface area contributed by atoms with E-state index in [4.69, 9.17) is 20.7 Å². The molecule has 0 bridgehead atoms. The van der Waals surface area contributed by atoms with Gasteiger partial charge in [-0.05, 0) is 6.42 Å². The molecule has 7 nitrogen and oxygen atoms in total. The molecule has 1 atom stereocenters.